The molecule has 0 bridgehead atoms. The zero-order valence-corrected chi connectivity index (χ0v) is 6.81. The minimum Gasteiger partial charge on any atom is -0.389 e. The molecule has 1 aliphatic rings. The molecule has 48 valence electrons. The van der Waals surface area contributed by atoms with E-state index in [1.807, 2.05) is 0 Å². The van der Waals surface area contributed by atoms with E-state index in [1.165, 1.54) is 6.42 Å². The van der Waals surface area contributed by atoms with Crippen LogP contribution in [0.2, 0.25) is 0 Å². The van der Waals surface area contributed by atoms with Gasteiger partial charge < -0.3 is 5.11 Å². The molecule has 0 aromatic rings. The Kier molecular flexibility index (Phi) is 2.11. The molecular formula is C5H10INO. The highest BCUT2D eigenvalue weighted by Crippen LogP contribution is 2.30. The van der Waals surface area contributed by atoms with Crippen LogP contribution in [0.15, 0.2) is 0 Å². The summed E-state index contributed by atoms with van der Waals surface area (Å²) in [4.78, 5) is 0. The van der Waals surface area contributed by atoms with Gasteiger partial charge in [-0.05, 0) is 19.3 Å². The Morgan fingerprint density at radius 2 is 2.25 bits per heavy atom. The van der Waals surface area contributed by atoms with E-state index in [4.69, 9.17) is 0 Å². The van der Waals surface area contributed by atoms with E-state index >= 15 is 0 Å². The van der Waals surface area contributed by atoms with Crippen molar-refractivity contribution < 1.29 is 5.11 Å². The van der Waals surface area contributed by atoms with E-state index in [1.54, 1.807) is 0 Å². The van der Waals surface area contributed by atoms with Crippen LogP contribution in [-0.4, -0.2) is 17.3 Å². The van der Waals surface area contributed by atoms with Crippen LogP contribution >= 0.6 is 22.9 Å². The molecule has 0 aromatic heterocycles. The molecule has 0 spiro atoms. The lowest BCUT2D eigenvalue weighted by atomic mass is 9.81. The summed E-state index contributed by atoms with van der Waals surface area (Å²) in [6, 6.07) is 0. The van der Waals surface area contributed by atoms with Gasteiger partial charge in [0.15, 0.2) is 0 Å². The lowest BCUT2D eigenvalue weighted by Crippen LogP contribution is -2.43. The van der Waals surface area contributed by atoms with Crippen molar-refractivity contribution in [3.63, 3.8) is 0 Å². The second-order valence-electron chi connectivity index (χ2n) is 2.39. The normalized spacial score (nSPS) is 24.8. The van der Waals surface area contributed by atoms with Crippen molar-refractivity contribution in [2.24, 2.45) is 0 Å². The third-order valence-corrected chi connectivity index (χ3v) is 2.06. The Balaban J connectivity index is 2.20. The van der Waals surface area contributed by atoms with Crippen molar-refractivity contribution >= 4 is 22.9 Å². The molecule has 0 amide bonds. The first-order valence-corrected chi connectivity index (χ1v) is 3.91. The fourth-order valence-corrected chi connectivity index (χ4v) is 1.60. The predicted molar refractivity (Wildman–Crippen MR) is 40.8 cm³/mol. The molecule has 0 aromatic carbocycles. The van der Waals surface area contributed by atoms with Gasteiger partial charge in [-0.2, -0.15) is 0 Å². The maximum atomic E-state index is 9.34. The highest BCUT2D eigenvalue weighted by atomic mass is 127. The summed E-state index contributed by atoms with van der Waals surface area (Å²) in [5, 5.41) is 9.34. The molecular weight excluding hydrogens is 217 g/mol. The van der Waals surface area contributed by atoms with Crippen molar-refractivity contribution in [2.75, 3.05) is 6.54 Å². The summed E-state index contributed by atoms with van der Waals surface area (Å²) in [5.41, 5.74) is -0.346. The van der Waals surface area contributed by atoms with Gasteiger partial charge in [0.2, 0.25) is 0 Å². The van der Waals surface area contributed by atoms with Crippen LogP contribution in [-0.2, 0) is 0 Å². The monoisotopic (exact) mass is 227 g/mol. The predicted octanol–water partition coefficient (Wildman–Crippen LogP) is 0.841. The van der Waals surface area contributed by atoms with Gasteiger partial charge >= 0.3 is 0 Å². The molecule has 1 saturated carbocycles. The average molecular weight is 227 g/mol. The van der Waals surface area contributed by atoms with E-state index in [-0.39, 0.29) is 5.60 Å². The van der Waals surface area contributed by atoms with Crippen LogP contribution in [0.25, 0.3) is 0 Å². The molecule has 0 heterocycles. The number of hydrogen-bond acceptors (Lipinski definition) is 2. The molecule has 1 aliphatic carbocycles. The lowest BCUT2D eigenvalue weighted by molar-refractivity contribution is -0.0257. The molecule has 0 radical (unpaired) electrons. The molecule has 1 rings (SSSR count). The van der Waals surface area contributed by atoms with Gasteiger partial charge in [0.25, 0.3) is 0 Å². The molecule has 2 nitrogen and oxygen atoms in total. The molecule has 0 aliphatic heterocycles. The Hall–Kier alpha value is 0.650. The largest absolute Gasteiger partial charge is 0.389 e. The average Bonchev–Trinajstić information content (AvgIpc) is 1.64. The van der Waals surface area contributed by atoms with Gasteiger partial charge in [0.1, 0.15) is 0 Å². The van der Waals surface area contributed by atoms with Crippen molar-refractivity contribution in [2.45, 2.75) is 24.9 Å². The van der Waals surface area contributed by atoms with Crippen LogP contribution in [0.5, 0.6) is 0 Å². The molecule has 8 heavy (non-hydrogen) atoms. The van der Waals surface area contributed by atoms with E-state index in [0.29, 0.717) is 0 Å². The lowest BCUT2D eigenvalue weighted by Gasteiger charge is -2.35. The second-order valence-corrected chi connectivity index (χ2v) is 3.15. The number of hydrogen-bond donors (Lipinski definition) is 2. The molecule has 0 unspecified atom stereocenters. The van der Waals surface area contributed by atoms with E-state index in [0.717, 1.165) is 19.4 Å². The van der Waals surface area contributed by atoms with Crippen molar-refractivity contribution in [3.8, 4) is 0 Å². The number of nitrogens with one attached hydrogen (secondary N) is 1. The van der Waals surface area contributed by atoms with Crippen LogP contribution in [0.1, 0.15) is 19.3 Å². The summed E-state index contributed by atoms with van der Waals surface area (Å²) in [6.07, 6.45) is 3.14. The minimum absolute atomic E-state index is 0.346. The maximum Gasteiger partial charge on any atom is 0.0779 e. The fraction of sp³-hybridized carbons (Fsp3) is 1.00. The summed E-state index contributed by atoms with van der Waals surface area (Å²) in [6.45, 7) is 0.744. The first-order chi connectivity index (χ1) is 3.77. The fourth-order valence-electron chi connectivity index (χ4n) is 0.886. The Morgan fingerprint density at radius 1 is 1.62 bits per heavy atom. The zero-order valence-electron chi connectivity index (χ0n) is 4.65. The quantitative estimate of drug-likeness (QED) is 0.541. The van der Waals surface area contributed by atoms with E-state index in [2.05, 4.69) is 26.4 Å². The van der Waals surface area contributed by atoms with E-state index < -0.39 is 0 Å². The third kappa shape index (κ3) is 1.33. The first kappa shape index (κ1) is 6.77. The minimum atomic E-state index is -0.346. The smallest absolute Gasteiger partial charge is 0.0779 e. The van der Waals surface area contributed by atoms with Gasteiger partial charge in [0.05, 0.1) is 5.60 Å². The van der Waals surface area contributed by atoms with Gasteiger partial charge in [-0.1, -0.05) is 0 Å². The van der Waals surface area contributed by atoms with Crippen LogP contribution in [0.3, 0.4) is 0 Å². The van der Waals surface area contributed by atoms with Crippen molar-refractivity contribution in [1.82, 2.24) is 3.53 Å². The van der Waals surface area contributed by atoms with Crippen molar-refractivity contribution in [1.29, 1.82) is 0 Å². The number of rotatable bonds is 2. The van der Waals surface area contributed by atoms with Crippen LogP contribution in [0, 0.1) is 0 Å². The van der Waals surface area contributed by atoms with Gasteiger partial charge in [-0.25, -0.2) is 0 Å². The SMILES string of the molecule is OC1(CNI)CCC1. The van der Waals surface area contributed by atoms with Crippen LogP contribution < -0.4 is 3.53 Å². The summed E-state index contributed by atoms with van der Waals surface area (Å²) in [7, 11) is 0. The maximum absolute atomic E-state index is 9.34. The van der Waals surface area contributed by atoms with Crippen molar-refractivity contribution in [3.05, 3.63) is 0 Å². The standard InChI is InChI=1S/C5H10INO/c6-7-4-5(8)2-1-3-5/h7-8H,1-4H2. The number of halogens is 1. The highest BCUT2D eigenvalue weighted by Gasteiger charge is 2.33. The summed E-state index contributed by atoms with van der Waals surface area (Å²) in [5.74, 6) is 0. The molecule has 0 saturated heterocycles. The first-order valence-electron chi connectivity index (χ1n) is 2.83. The zero-order chi connectivity index (χ0) is 6.04. The molecule has 3 heteroatoms. The highest BCUT2D eigenvalue weighted by molar-refractivity contribution is 14.1. The molecule has 2 N–H and O–H groups in total. The molecule has 0 atom stereocenters. The summed E-state index contributed by atoms with van der Waals surface area (Å²) >= 11 is 2.06. The Bertz CT molecular complexity index is 82.5. The van der Waals surface area contributed by atoms with E-state index in [9.17, 15) is 5.11 Å². The van der Waals surface area contributed by atoms with Crippen LogP contribution in [0.4, 0.5) is 0 Å². The topological polar surface area (TPSA) is 32.3 Å². The number of aliphatic hydroxyl groups is 1. The van der Waals surface area contributed by atoms with Gasteiger partial charge in [0, 0.05) is 29.4 Å². The van der Waals surface area contributed by atoms with Gasteiger partial charge in [-0.15, -0.1) is 0 Å². The Labute approximate surface area is 63.2 Å². The second kappa shape index (κ2) is 2.49. The summed E-state index contributed by atoms with van der Waals surface area (Å²) < 4.78 is 2.93. The third-order valence-electron chi connectivity index (χ3n) is 1.68. The molecule has 1 fully saturated rings. The Morgan fingerprint density at radius 3 is 2.38 bits per heavy atom. The van der Waals surface area contributed by atoms with Gasteiger partial charge in [-0.3, -0.25) is 3.53 Å².